The van der Waals surface area contributed by atoms with Gasteiger partial charge in [0, 0.05) is 12.5 Å². The van der Waals surface area contributed by atoms with Crippen molar-refractivity contribution in [1.29, 1.82) is 0 Å². The molecule has 0 aliphatic heterocycles. The summed E-state index contributed by atoms with van der Waals surface area (Å²) in [6.45, 7) is 0. The molecular weight excluding hydrogens is 178 g/mol. The largest absolute Gasteiger partial charge is 0.384 e. The maximum atomic E-state index is 10.8. The molecule has 3 heteroatoms. The monoisotopic (exact) mass is 189 g/mol. The van der Waals surface area contributed by atoms with Crippen molar-refractivity contribution >= 4 is 0 Å². The zero-order valence-corrected chi connectivity index (χ0v) is 7.69. The Kier molecular flexibility index (Phi) is 2.49. The van der Waals surface area contributed by atoms with Gasteiger partial charge >= 0.3 is 0 Å². The lowest BCUT2D eigenvalue weighted by atomic mass is 10.1. The van der Waals surface area contributed by atoms with Crippen molar-refractivity contribution in [2.24, 2.45) is 0 Å². The maximum absolute atomic E-state index is 10.8. The molecule has 2 aromatic rings. The average molecular weight is 189 g/mol. The van der Waals surface area contributed by atoms with E-state index in [2.05, 4.69) is 17.3 Å². The zero-order valence-electron chi connectivity index (χ0n) is 7.69. The van der Waals surface area contributed by atoms with Gasteiger partial charge in [-0.1, -0.05) is 30.3 Å². The Morgan fingerprint density at radius 1 is 1.14 bits per heavy atom. The third-order valence-corrected chi connectivity index (χ3v) is 2.08. The number of aromatic amines is 1. The second-order valence-corrected chi connectivity index (χ2v) is 3.16. The normalized spacial score (nSPS) is 10.3. The highest BCUT2D eigenvalue weighted by Gasteiger charge is 1.99. The molecule has 0 amide bonds. The predicted molar refractivity (Wildman–Crippen MR) is 53.2 cm³/mol. The first-order valence-corrected chi connectivity index (χ1v) is 4.56. The van der Waals surface area contributed by atoms with E-state index in [1.165, 1.54) is 11.6 Å². The molecule has 0 atom stereocenters. The minimum atomic E-state index is -0.173. The summed E-state index contributed by atoms with van der Waals surface area (Å²) in [5.41, 5.74) is 1.07. The van der Waals surface area contributed by atoms with Crippen LogP contribution >= 0.6 is 0 Å². The first-order chi connectivity index (χ1) is 6.84. The zero-order chi connectivity index (χ0) is 9.80. The number of benzene rings is 1. The van der Waals surface area contributed by atoms with E-state index in [1.54, 1.807) is 0 Å². The van der Waals surface area contributed by atoms with Crippen LogP contribution in [0.2, 0.25) is 0 Å². The molecule has 0 saturated heterocycles. The topological polar surface area (TPSA) is 46.0 Å². The Bertz CT molecular complexity index is 442. The Balaban J connectivity index is 1.98. The van der Waals surface area contributed by atoms with Gasteiger partial charge in [0.1, 0.15) is 5.76 Å². The van der Waals surface area contributed by atoms with Crippen molar-refractivity contribution in [3.63, 3.8) is 0 Å². The maximum Gasteiger partial charge on any atom is 0.280 e. The molecule has 0 unspecified atom stereocenters. The second kappa shape index (κ2) is 3.96. The summed E-state index contributed by atoms with van der Waals surface area (Å²) in [4.78, 5) is 10.8. The van der Waals surface area contributed by atoms with Crippen molar-refractivity contribution in [3.05, 3.63) is 58.1 Å². The summed E-state index contributed by atoms with van der Waals surface area (Å²) < 4.78 is 4.95. The number of hydrogen-bond acceptors (Lipinski definition) is 2. The lowest BCUT2D eigenvalue weighted by Crippen LogP contribution is -1.93. The van der Waals surface area contributed by atoms with Crippen LogP contribution in [0, 0.1) is 0 Å². The van der Waals surface area contributed by atoms with Crippen LogP contribution < -0.4 is 5.56 Å². The van der Waals surface area contributed by atoms with Gasteiger partial charge < -0.3 is 4.52 Å². The SMILES string of the molecule is O=c1cc(CCc2ccccc2)o[nH]1. The van der Waals surface area contributed by atoms with E-state index in [9.17, 15) is 4.79 Å². The van der Waals surface area contributed by atoms with Gasteiger partial charge in [-0.25, -0.2) is 0 Å². The molecular formula is C11H11NO2. The molecule has 0 fully saturated rings. The summed E-state index contributed by atoms with van der Waals surface area (Å²) in [7, 11) is 0. The van der Waals surface area contributed by atoms with E-state index in [-0.39, 0.29) is 5.56 Å². The van der Waals surface area contributed by atoms with Crippen LogP contribution in [0.4, 0.5) is 0 Å². The minimum Gasteiger partial charge on any atom is -0.384 e. The van der Waals surface area contributed by atoms with Gasteiger partial charge in [-0.15, -0.1) is 0 Å². The van der Waals surface area contributed by atoms with Gasteiger partial charge in [0.05, 0.1) is 0 Å². The minimum absolute atomic E-state index is 0.173. The van der Waals surface area contributed by atoms with E-state index in [0.717, 1.165) is 12.8 Å². The summed E-state index contributed by atoms with van der Waals surface area (Å²) in [6.07, 6.45) is 1.64. The highest BCUT2D eigenvalue weighted by atomic mass is 16.5. The fraction of sp³-hybridized carbons (Fsp3) is 0.182. The Morgan fingerprint density at radius 3 is 2.57 bits per heavy atom. The molecule has 1 N–H and O–H groups in total. The smallest absolute Gasteiger partial charge is 0.280 e. The average Bonchev–Trinajstić information content (AvgIpc) is 2.63. The molecule has 0 bridgehead atoms. The third-order valence-electron chi connectivity index (χ3n) is 2.08. The molecule has 3 nitrogen and oxygen atoms in total. The fourth-order valence-corrected chi connectivity index (χ4v) is 1.36. The molecule has 0 aliphatic rings. The van der Waals surface area contributed by atoms with E-state index in [4.69, 9.17) is 4.52 Å². The van der Waals surface area contributed by atoms with E-state index >= 15 is 0 Å². The van der Waals surface area contributed by atoms with Gasteiger partial charge in [0.2, 0.25) is 0 Å². The standard InChI is InChI=1S/C11H11NO2/c13-11-8-10(14-12-11)7-6-9-4-2-1-3-5-9/h1-5,8H,6-7H2,(H,12,13). The summed E-state index contributed by atoms with van der Waals surface area (Å²) in [5, 5.41) is 2.27. The quantitative estimate of drug-likeness (QED) is 0.799. The summed E-state index contributed by atoms with van der Waals surface area (Å²) in [5.74, 6) is 0.707. The molecule has 1 aromatic heterocycles. The number of nitrogens with one attached hydrogen (secondary N) is 1. The van der Waals surface area contributed by atoms with Crippen molar-refractivity contribution in [1.82, 2.24) is 5.16 Å². The van der Waals surface area contributed by atoms with Gasteiger partial charge in [0.15, 0.2) is 0 Å². The van der Waals surface area contributed by atoms with Crippen LogP contribution in [0.25, 0.3) is 0 Å². The van der Waals surface area contributed by atoms with Crippen LogP contribution in [-0.4, -0.2) is 5.16 Å². The lowest BCUT2D eigenvalue weighted by Gasteiger charge is -1.96. The Hall–Kier alpha value is -1.77. The van der Waals surface area contributed by atoms with Crippen molar-refractivity contribution in [3.8, 4) is 0 Å². The first kappa shape index (κ1) is 8.81. The van der Waals surface area contributed by atoms with Gasteiger partial charge in [0.25, 0.3) is 5.56 Å². The van der Waals surface area contributed by atoms with Gasteiger partial charge in [-0.3, -0.25) is 4.79 Å². The molecule has 2 rings (SSSR count). The molecule has 0 radical (unpaired) electrons. The molecule has 0 saturated carbocycles. The van der Waals surface area contributed by atoms with Crippen LogP contribution in [0.15, 0.2) is 45.7 Å². The molecule has 72 valence electrons. The van der Waals surface area contributed by atoms with E-state index in [0.29, 0.717) is 5.76 Å². The number of hydrogen-bond donors (Lipinski definition) is 1. The Labute approximate surface area is 81.3 Å². The molecule has 14 heavy (non-hydrogen) atoms. The molecule has 0 spiro atoms. The van der Waals surface area contributed by atoms with Crippen LogP contribution in [0.1, 0.15) is 11.3 Å². The fourth-order valence-electron chi connectivity index (χ4n) is 1.36. The number of rotatable bonds is 3. The van der Waals surface area contributed by atoms with E-state index in [1.807, 2.05) is 18.2 Å². The van der Waals surface area contributed by atoms with Crippen LogP contribution in [-0.2, 0) is 12.8 Å². The number of aromatic nitrogens is 1. The second-order valence-electron chi connectivity index (χ2n) is 3.16. The molecule has 1 heterocycles. The van der Waals surface area contributed by atoms with Crippen molar-refractivity contribution in [2.75, 3.05) is 0 Å². The van der Waals surface area contributed by atoms with Crippen LogP contribution in [0.5, 0.6) is 0 Å². The molecule has 1 aromatic carbocycles. The summed E-state index contributed by atoms with van der Waals surface area (Å²) >= 11 is 0. The third kappa shape index (κ3) is 2.13. The lowest BCUT2D eigenvalue weighted by molar-refractivity contribution is 0.378. The molecule has 0 aliphatic carbocycles. The van der Waals surface area contributed by atoms with Gasteiger partial charge in [-0.2, -0.15) is 5.16 Å². The van der Waals surface area contributed by atoms with E-state index < -0.39 is 0 Å². The first-order valence-electron chi connectivity index (χ1n) is 4.56. The van der Waals surface area contributed by atoms with Crippen molar-refractivity contribution in [2.45, 2.75) is 12.8 Å². The van der Waals surface area contributed by atoms with Gasteiger partial charge in [-0.05, 0) is 12.0 Å². The van der Waals surface area contributed by atoms with Crippen LogP contribution in [0.3, 0.4) is 0 Å². The number of aryl methyl sites for hydroxylation is 2. The highest BCUT2D eigenvalue weighted by molar-refractivity contribution is 5.15. The number of H-pyrrole nitrogens is 1. The highest BCUT2D eigenvalue weighted by Crippen LogP contribution is 2.04. The summed E-state index contributed by atoms with van der Waals surface area (Å²) in [6, 6.07) is 11.6. The predicted octanol–water partition coefficient (Wildman–Crippen LogP) is 1.75. The Morgan fingerprint density at radius 2 is 1.93 bits per heavy atom. The van der Waals surface area contributed by atoms with Crippen molar-refractivity contribution < 1.29 is 4.52 Å².